The highest BCUT2D eigenvalue weighted by molar-refractivity contribution is 6.10. The van der Waals surface area contributed by atoms with Crippen molar-refractivity contribution in [2.24, 2.45) is 0 Å². The van der Waals surface area contributed by atoms with Crippen molar-refractivity contribution in [1.29, 1.82) is 0 Å². The highest BCUT2D eigenvalue weighted by atomic mass is 16.6. The molecule has 1 heterocycles. The number of anilines is 2. The van der Waals surface area contributed by atoms with Crippen LogP contribution in [0.3, 0.4) is 0 Å². The first kappa shape index (κ1) is 20.1. The van der Waals surface area contributed by atoms with E-state index >= 15 is 0 Å². The van der Waals surface area contributed by atoms with Gasteiger partial charge in [-0.3, -0.25) is 19.3 Å². The van der Waals surface area contributed by atoms with Gasteiger partial charge in [0.15, 0.2) is 19.0 Å². The van der Waals surface area contributed by atoms with Gasteiger partial charge >= 0.3 is 5.97 Å². The number of hydrogen-bond donors (Lipinski definition) is 1. The van der Waals surface area contributed by atoms with Crippen LogP contribution in [0.5, 0.6) is 5.75 Å². The highest BCUT2D eigenvalue weighted by Crippen LogP contribution is 2.28. The van der Waals surface area contributed by atoms with Crippen molar-refractivity contribution in [3.63, 3.8) is 0 Å². The summed E-state index contributed by atoms with van der Waals surface area (Å²) in [6.45, 7) is 0.741. The molecular formula is C21H20N2O6. The number of hydrogen-bond acceptors (Lipinski definition) is 6. The van der Waals surface area contributed by atoms with Crippen LogP contribution in [0, 0.1) is 0 Å². The highest BCUT2D eigenvalue weighted by Gasteiger charge is 2.27. The van der Waals surface area contributed by atoms with Gasteiger partial charge in [0.25, 0.3) is 5.91 Å². The van der Waals surface area contributed by atoms with Gasteiger partial charge in [0.2, 0.25) is 5.91 Å². The summed E-state index contributed by atoms with van der Waals surface area (Å²) in [4.78, 5) is 48.9. The first-order valence-electron chi connectivity index (χ1n) is 9.09. The first-order chi connectivity index (χ1) is 14.0. The number of para-hydroxylation sites is 2. The predicted octanol–water partition coefficient (Wildman–Crippen LogP) is 2.19. The number of Topliss-reactive ketones (excluding diaryl/α,β-unsaturated/α-hetero) is 1. The Morgan fingerprint density at radius 2 is 1.76 bits per heavy atom. The molecule has 150 valence electrons. The van der Waals surface area contributed by atoms with Crippen LogP contribution < -0.4 is 15.0 Å². The maximum Gasteiger partial charge on any atom is 0.344 e. The second kappa shape index (κ2) is 9.01. The van der Waals surface area contributed by atoms with Crippen molar-refractivity contribution >= 4 is 34.9 Å². The lowest BCUT2D eigenvalue weighted by atomic mass is 10.1. The van der Waals surface area contributed by atoms with E-state index in [0.29, 0.717) is 29.1 Å². The smallest absolute Gasteiger partial charge is 0.344 e. The summed E-state index contributed by atoms with van der Waals surface area (Å²) in [5, 5.41) is 2.68. The maximum absolute atomic E-state index is 12.4. The number of fused-ring (bicyclic) bond motifs is 1. The quantitative estimate of drug-likeness (QED) is 0.569. The topological polar surface area (TPSA) is 102 Å². The van der Waals surface area contributed by atoms with Crippen LogP contribution in [0.2, 0.25) is 0 Å². The number of amides is 2. The molecule has 1 aliphatic rings. The zero-order valence-corrected chi connectivity index (χ0v) is 15.8. The Morgan fingerprint density at radius 3 is 2.48 bits per heavy atom. The third kappa shape index (κ3) is 4.98. The van der Waals surface area contributed by atoms with Gasteiger partial charge in [0.1, 0.15) is 12.3 Å². The maximum atomic E-state index is 12.4. The lowest BCUT2D eigenvalue weighted by molar-refractivity contribution is -0.149. The number of benzene rings is 2. The molecule has 0 unspecified atom stereocenters. The van der Waals surface area contributed by atoms with Crippen molar-refractivity contribution in [3.8, 4) is 5.75 Å². The molecule has 0 radical (unpaired) electrons. The van der Waals surface area contributed by atoms with Crippen LogP contribution >= 0.6 is 0 Å². The number of rotatable bonds is 7. The van der Waals surface area contributed by atoms with Gasteiger partial charge in [-0.15, -0.1) is 0 Å². The number of carbonyl (C=O) groups is 4. The Kier molecular flexibility index (Phi) is 6.23. The van der Waals surface area contributed by atoms with Crippen LogP contribution in [0.4, 0.5) is 11.4 Å². The minimum Gasteiger partial charge on any atom is -0.482 e. The van der Waals surface area contributed by atoms with Crippen molar-refractivity contribution in [2.45, 2.75) is 13.3 Å². The predicted molar refractivity (Wildman–Crippen MR) is 105 cm³/mol. The third-order valence-electron chi connectivity index (χ3n) is 4.28. The zero-order chi connectivity index (χ0) is 20.8. The number of nitrogens with zero attached hydrogens (tertiary/aromatic N) is 1. The first-order valence-corrected chi connectivity index (χ1v) is 9.09. The molecule has 8 nitrogen and oxygen atoms in total. The van der Waals surface area contributed by atoms with Crippen molar-refractivity contribution < 1.29 is 28.7 Å². The lowest BCUT2D eigenvalue weighted by Crippen LogP contribution is -2.44. The monoisotopic (exact) mass is 396 g/mol. The Bertz CT molecular complexity index is 938. The van der Waals surface area contributed by atoms with Gasteiger partial charge in [-0.2, -0.15) is 0 Å². The summed E-state index contributed by atoms with van der Waals surface area (Å²) in [5.41, 5.74) is 1.64. The lowest BCUT2D eigenvalue weighted by Gasteiger charge is -2.28. The van der Waals surface area contributed by atoms with Gasteiger partial charge in [-0.25, -0.2) is 4.79 Å². The van der Waals surface area contributed by atoms with Gasteiger partial charge in [0, 0.05) is 12.0 Å². The van der Waals surface area contributed by atoms with Crippen LogP contribution in [-0.2, 0) is 19.1 Å². The molecule has 0 atom stereocenters. The van der Waals surface area contributed by atoms with Gasteiger partial charge in [-0.05, 0) is 36.4 Å². The number of nitrogens with one attached hydrogen (secondary N) is 1. The molecule has 0 aromatic heterocycles. The number of ether oxygens (including phenoxy) is 2. The van der Waals surface area contributed by atoms with Crippen LogP contribution in [0.25, 0.3) is 0 Å². The normalized spacial score (nSPS) is 12.6. The molecule has 0 fully saturated rings. The van der Waals surface area contributed by atoms with Gasteiger partial charge in [0.05, 0.1) is 11.4 Å². The van der Waals surface area contributed by atoms with E-state index in [-0.39, 0.29) is 24.8 Å². The number of esters is 1. The van der Waals surface area contributed by atoms with E-state index in [4.69, 9.17) is 9.47 Å². The Hall–Kier alpha value is -3.68. The molecule has 1 N–H and O–H groups in total. The van der Waals surface area contributed by atoms with Crippen LogP contribution in [0.1, 0.15) is 23.7 Å². The minimum atomic E-state index is -0.721. The van der Waals surface area contributed by atoms with Gasteiger partial charge < -0.3 is 14.8 Å². The average molecular weight is 396 g/mol. The second-order valence-electron chi connectivity index (χ2n) is 6.30. The molecule has 2 aromatic carbocycles. The molecule has 8 heteroatoms. The van der Waals surface area contributed by atoms with Crippen molar-refractivity contribution in [2.75, 3.05) is 30.0 Å². The van der Waals surface area contributed by atoms with E-state index in [0.717, 1.165) is 0 Å². The SMILES string of the molecule is CCC(=O)c1ccc(OCC(=O)OCC(=O)N2CC(=O)Nc3ccccc32)cc1. The standard InChI is InChI=1S/C21H20N2O6/c1-2-18(24)14-7-9-15(10-8-14)28-13-21(27)29-12-20(26)23-11-19(25)22-16-5-3-4-6-17(16)23/h3-10H,2,11-13H2,1H3,(H,22,25). The molecule has 0 spiro atoms. The van der Waals surface area contributed by atoms with E-state index in [9.17, 15) is 19.2 Å². The zero-order valence-electron chi connectivity index (χ0n) is 15.8. The van der Waals surface area contributed by atoms with Gasteiger partial charge in [-0.1, -0.05) is 19.1 Å². The van der Waals surface area contributed by atoms with Crippen LogP contribution in [0.15, 0.2) is 48.5 Å². The Morgan fingerprint density at radius 1 is 1.03 bits per heavy atom. The van der Waals surface area contributed by atoms with E-state index in [1.165, 1.54) is 4.90 Å². The van der Waals surface area contributed by atoms with E-state index in [1.54, 1.807) is 55.5 Å². The molecule has 3 rings (SSSR count). The van der Waals surface area contributed by atoms with E-state index in [1.807, 2.05) is 0 Å². The molecular weight excluding hydrogens is 376 g/mol. The average Bonchev–Trinajstić information content (AvgIpc) is 2.75. The van der Waals surface area contributed by atoms with Crippen molar-refractivity contribution in [3.05, 3.63) is 54.1 Å². The minimum absolute atomic E-state index is 0.0161. The summed E-state index contributed by atoms with van der Waals surface area (Å²) < 4.78 is 10.3. The molecule has 1 aliphatic heterocycles. The van der Waals surface area contributed by atoms with Crippen molar-refractivity contribution in [1.82, 2.24) is 0 Å². The van der Waals surface area contributed by atoms with E-state index in [2.05, 4.69) is 5.32 Å². The molecule has 2 aromatic rings. The Labute approximate surface area is 167 Å². The number of ketones is 1. The van der Waals surface area contributed by atoms with E-state index < -0.39 is 18.5 Å². The fourth-order valence-corrected chi connectivity index (χ4v) is 2.80. The fourth-order valence-electron chi connectivity index (χ4n) is 2.80. The summed E-state index contributed by atoms with van der Waals surface area (Å²) >= 11 is 0. The molecule has 0 aliphatic carbocycles. The molecule has 0 bridgehead atoms. The molecule has 29 heavy (non-hydrogen) atoms. The van der Waals surface area contributed by atoms with Crippen LogP contribution in [-0.4, -0.2) is 43.3 Å². The fraction of sp³-hybridized carbons (Fsp3) is 0.238. The largest absolute Gasteiger partial charge is 0.482 e. The summed E-state index contributed by atoms with van der Waals surface area (Å²) in [6, 6.07) is 13.3. The molecule has 0 saturated heterocycles. The summed E-state index contributed by atoms with van der Waals surface area (Å²) in [6.07, 6.45) is 0.406. The second-order valence-corrected chi connectivity index (χ2v) is 6.30. The Balaban J connectivity index is 1.50. The summed E-state index contributed by atoms with van der Waals surface area (Å²) in [7, 11) is 0. The number of carbonyl (C=O) groups excluding carboxylic acids is 4. The third-order valence-corrected chi connectivity index (χ3v) is 4.28. The molecule has 2 amide bonds. The molecule has 0 saturated carbocycles. The summed E-state index contributed by atoms with van der Waals surface area (Å²) in [5.74, 6) is -1.13.